The largest absolute Gasteiger partial charge is 0.454 e. The van der Waals surface area contributed by atoms with Gasteiger partial charge in [-0.25, -0.2) is 4.98 Å². The van der Waals surface area contributed by atoms with Gasteiger partial charge in [0.15, 0.2) is 11.5 Å². The zero-order chi connectivity index (χ0) is 22.9. The third-order valence-corrected chi connectivity index (χ3v) is 6.30. The average Bonchev–Trinajstić information content (AvgIpc) is 3.50. The molecule has 2 aromatic heterocycles. The topological polar surface area (TPSA) is 73.3 Å². The summed E-state index contributed by atoms with van der Waals surface area (Å²) in [6, 6.07) is 19.6. The molecule has 4 aromatic rings. The van der Waals surface area contributed by atoms with Gasteiger partial charge >= 0.3 is 0 Å². The Labute approximate surface area is 197 Å². The minimum Gasteiger partial charge on any atom is -0.454 e. The first-order chi connectivity index (χ1) is 16.8. The smallest absolute Gasteiger partial charge is 0.252 e. The molecule has 6 heteroatoms. The van der Waals surface area contributed by atoms with Gasteiger partial charge in [0.25, 0.3) is 5.91 Å². The van der Waals surface area contributed by atoms with Crippen molar-refractivity contribution in [2.45, 2.75) is 19.3 Å². The summed E-state index contributed by atoms with van der Waals surface area (Å²) in [5, 5.41) is 4.00. The van der Waals surface area contributed by atoms with E-state index in [0.29, 0.717) is 13.0 Å². The molecule has 0 bridgehead atoms. The number of nitrogens with zero attached hydrogens (tertiary/aromatic N) is 2. The number of hydrogen-bond donors (Lipinski definition) is 1. The van der Waals surface area contributed by atoms with Crippen LogP contribution < -0.4 is 14.8 Å². The molecule has 0 radical (unpaired) electrons. The first kappa shape index (κ1) is 20.4. The van der Waals surface area contributed by atoms with Crippen molar-refractivity contribution < 1.29 is 14.3 Å². The molecule has 1 N–H and O–H groups in total. The molecule has 168 valence electrons. The van der Waals surface area contributed by atoms with Crippen molar-refractivity contribution in [3.63, 3.8) is 0 Å². The van der Waals surface area contributed by atoms with E-state index in [2.05, 4.69) is 16.4 Å². The molecular formula is C28H23N3O3. The lowest BCUT2D eigenvalue weighted by Gasteiger charge is -2.13. The number of carbonyl (C=O) groups excluding carboxylic acids is 1. The van der Waals surface area contributed by atoms with Crippen molar-refractivity contribution in [3.05, 3.63) is 94.9 Å². The molecule has 1 amide bonds. The monoisotopic (exact) mass is 449 g/mol. The highest BCUT2D eigenvalue weighted by atomic mass is 16.7. The van der Waals surface area contributed by atoms with Gasteiger partial charge in [-0.3, -0.25) is 9.78 Å². The summed E-state index contributed by atoms with van der Waals surface area (Å²) in [6.07, 6.45) is 6.22. The van der Waals surface area contributed by atoms with E-state index in [1.165, 1.54) is 0 Å². The second-order valence-electron chi connectivity index (χ2n) is 8.44. The van der Waals surface area contributed by atoms with Crippen LogP contribution in [0.1, 0.15) is 39.3 Å². The Morgan fingerprint density at radius 1 is 1.00 bits per heavy atom. The number of amides is 1. The van der Waals surface area contributed by atoms with E-state index in [0.717, 1.165) is 68.9 Å². The first-order valence-corrected chi connectivity index (χ1v) is 11.5. The molecule has 0 saturated carbocycles. The van der Waals surface area contributed by atoms with E-state index < -0.39 is 0 Å². The maximum absolute atomic E-state index is 13.4. The van der Waals surface area contributed by atoms with E-state index in [1.54, 1.807) is 6.20 Å². The lowest BCUT2D eigenvalue weighted by atomic mass is 10.00. The SMILES string of the molecule is O=C(NCCc1ccccn1)c1c2c(nc3ccccc13)/C(=C/c1ccc3c(c1)OCO3)CC2. The van der Waals surface area contributed by atoms with Crippen molar-refractivity contribution >= 4 is 28.5 Å². The zero-order valence-electron chi connectivity index (χ0n) is 18.6. The van der Waals surface area contributed by atoms with Crippen molar-refractivity contribution in [1.82, 2.24) is 15.3 Å². The molecule has 0 fully saturated rings. The van der Waals surface area contributed by atoms with Gasteiger partial charge in [-0.1, -0.05) is 30.3 Å². The third-order valence-electron chi connectivity index (χ3n) is 6.30. The molecule has 3 heterocycles. The zero-order valence-corrected chi connectivity index (χ0v) is 18.6. The fraction of sp³-hybridized carbons (Fsp3) is 0.179. The predicted octanol–water partition coefficient (Wildman–Crippen LogP) is 4.82. The number of fused-ring (bicyclic) bond motifs is 3. The second kappa shape index (κ2) is 8.63. The lowest BCUT2D eigenvalue weighted by Crippen LogP contribution is -2.27. The van der Waals surface area contributed by atoms with E-state index >= 15 is 0 Å². The summed E-state index contributed by atoms with van der Waals surface area (Å²) in [5.74, 6) is 1.46. The fourth-order valence-corrected chi connectivity index (χ4v) is 4.68. The Kier molecular flexibility index (Phi) is 5.18. The van der Waals surface area contributed by atoms with Gasteiger partial charge in [-0.15, -0.1) is 0 Å². The van der Waals surface area contributed by atoms with Gasteiger partial charge in [-0.2, -0.15) is 0 Å². The highest BCUT2D eigenvalue weighted by molar-refractivity contribution is 6.09. The number of nitrogens with one attached hydrogen (secondary N) is 1. The maximum atomic E-state index is 13.4. The Morgan fingerprint density at radius 3 is 2.79 bits per heavy atom. The minimum absolute atomic E-state index is 0.0601. The standard InChI is InChI=1S/C28H23N3O3/c32-28(30-14-12-20-5-3-4-13-29-20)26-21-6-1-2-7-23(21)31-27-19(9-10-22(26)27)15-18-8-11-24-25(16-18)34-17-33-24/h1-8,11,13,15-16H,9-10,12,14,17H2,(H,30,32)/b19-15+. The van der Waals surface area contributed by atoms with Crippen molar-refractivity contribution in [2.24, 2.45) is 0 Å². The molecule has 34 heavy (non-hydrogen) atoms. The highest BCUT2D eigenvalue weighted by Gasteiger charge is 2.27. The number of pyridine rings is 2. The summed E-state index contributed by atoms with van der Waals surface area (Å²) in [7, 11) is 0. The number of aromatic nitrogens is 2. The van der Waals surface area contributed by atoms with E-state index in [-0.39, 0.29) is 12.7 Å². The summed E-state index contributed by atoms with van der Waals surface area (Å²) >= 11 is 0. The van der Waals surface area contributed by atoms with Crippen LogP contribution >= 0.6 is 0 Å². The Hall–Kier alpha value is -4.19. The van der Waals surface area contributed by atoms with Crippen LogP contribution in [0.3, 0.4) is 0 Å². The molecule has 1 aliphatic carbocycles. The Morgan fingerprint density at radius 2 is 1.88 bits per heavy atom. The van der Waals surface area contributed by atoms with Crippen LogP contribution in [0, 0.1) is 0 Å². The van der Waals surface area contributed by atoms with Gasteiger partial charge in [0.05, 0.1) is 16.8 Å². The summed E-state index contributed by atoms with van der Waals surface area (Å²) in [5.41, 5.74) is 6.60. The van der Waals surface area contributed by atoms with Crippen LogP contribution in [-0.4, -0.2) is 29.2 Å². The molecule has 2 aliphatic rings. The summed E-state index contributed by atoms with van der Waals surface area (Å²) < 4.78 is 11.0. The number of rotatable bonds is 5. The number of ether oxygens (including phenoxy) is 2. The molecule has 0 unspecified atom stereocenters. The molecule has 6 nitrogen and oxygen atoms in total. The quantitative estimate of drug-likeness (QED) is 0.473. The van der Waals surface area contributed by atoms with Crippen LogP contribution in [0.2, 0.25) is 0 Å². The normalized spacial score (nSPS) is 15.0. The molecule has 0 saturated heterocycles. The molecule has 1 aliphatic heterocycles. The number of allylic oxidation sites excluding steroid dienone is 1. The third kappa shape index (κ3) is 3.77. The number of benzene rings is 2. The van der Waals surface area contributed by atoms with Crippen LogP contribution in [0.4, 0.5) is 0 Å². The number of para-hydroxylation sites is 1. The van der Waals surface area contributed by atoms with Crippen molar-refractivity contribution in [2.75, 3.05) is 13.3 Å². The van der Waals surface area contributed by atoms with E-state index in [4.69, 9.17) is 14.5 Å². The van der Waals surface area contributed by atoms with Gasteiger partial charge in [0.1, 0.15) is 0 Å². The fourth-order valence-electron chi connectivity index (χ4n) is 4.68. The van der Waals surface area contributed by atoms with Gasteiger partial charge in [0, 0.05) is 30.2 Å². The van der Waals surface area contributed by atoms with Gasteiger partial charge in [0.2, 0.25) is 6.79 Å². The predicted molar refractivity (Wildman–Crippen MR) is 131 cm³/mol. The average molecular weight is 450 g/mol. The molecule has 6 rings (SSSR count). The van der Waals surface area contributed by atoms with Crippen LogP contribution in [0.15, 0.2) is 66.9 Å². The van der Waals surface area contributed by atoms with Crippen LogP contribution in [0.25, 0.3) is 22.6 Å². The first-order valence-electron chi connectivity index (χ1n) is 11.5. The van der Waals surface area contributed by atoms with Gasteiger partial charge in [-0.05, 0) is 65.9 Å². The van der Waals surface area contributed by atoms with Crippen molar-refractivity contribution in [3.8, 4) is 11.5 Å². The molecule has 0 atom stereocenters. The number of hydrogen-bond acceptors (Lipinski definition) is 5. The van der Waals surface area contributed by atoms with Crippen LogP contribution in [0.5, 0.6) is 11.5 Å². The highest BCUT2D eigenvalue weighted by Crippen LogP contribution is 2.39. The molecular weight excluding hydrogens is 426 g/mol. The lowest BCUT2D eigenvalue weighted by molar-refractivity contribution is 0.0955. The van der Waals surface area contributed by atoms with Crippen molar-refractivity contribution in [1.29, 1.82) is 0 Å². The molecule has 0 spiro atoms. The Bertz CT molecular complexity index is 1430. The van der Waals surface area contributed by atoms with Crippen LogP contribution in [-0.2, 0) is 12.8 Å². The molecule has 2 aromatic carbocycles. The number of carbonyl (C=O) groups is 1. The minimum atomic E-state index is -0.0601. The summed E-state index contributed by atoms with van der Waals surface area (Å²) in [6.45, 7) is 0.783. The van der Waals surface area contributed by atoms with E-state index in [1.807, 2.05) is 60.7 Å². The summed E-state index contributed by atoms with van der Waals surface area (Å²) in [4.78, 5) is 22.7. The van der Waals surface area contributed by atoms with E-state index in [9.17, 15) is 4.79 Å². The Balaban J connectivity index is 1.34. The maximum Gasteiger partial charge on any atom is 0.252 e. The van der Waals surface area contributed by atoms with Gasteiger partial charge < -0.3 is 14.8 Å². The second-order valence-corrected chi connectivity index (χ2v) is 8.44.